The second-order valence-electron chi connectivity index (χ2n) is 6.21. The summed E-state index contributed by atoms with van der Waals surface area (Å²) < 4.78 is 11.3. The molecule has 0 radical (unpaired) electrons. The Morgan fingerprint density at radius 2 is 1.52 bits per heavy atom. The third kappa shape index (κ3) is 6.18. The van der Waals surface area contributed by atoms with Gasteiger partial charge in [-0.25, -0.2) is 0 Å². The van der Waals surface area contributed by atoms with Crippen LogP contribution < -0.4 is 20.3 Å². The van der Waals surface area contributed by atoms with E-state index in [2.05, 4.69) is 10.9 Å². The highest BCUT2D eigenvalue weighted by Gasteiger charge is 2.13. The predicted molar refractivity (Wildman–Crippen MR) is 104 cm³/mol. The number of rotatable bonds is 7. The zero-order valence-corrected chi connectivity index (χ0v) is 16.3. The maximum atomic E-state index is 12.3. The fourth-order valence-electron chi connectivity index (χ4n) is 2.15. The van der Waals surface area contributed by atoms with Crippen molar-refractivity contribution in [2.45, 2.75) is 20.8 Å². The number of carbonyl (C=O) groups is 2. The van der Waals surface area contributed by atoms with Crippen LogP contribution in [0.15, 0.2) is 42.5 Å². The average molecular weight is 391 g/mol. The molecule has 0 spiro atoms. The topological polar surface area (TPSA) is 76.7 Å². The van der Waals surface area contributed by atoms with Crippen molar-refractivity contribution in [1.29, 1.82) is 0 Å². The lowest BCUT2D eigenvalue weighted by atomic mass is 10.2. The van der Waals surface area contributed by atoms with E-state index in [0.29, 0.717) is 46.8 Å². The lowest BCUT2D eigenvalue weighted by Crippen LogP contribution is -2.41. The van der Waals surface area contributed by atoms with E-state index in [1.807, 2.05) is 20.8 Å². The molecule has 2 aromatic rings. The van der Waals surface area contributed by atoms with Crippen LogP contribution in [0.1, 0.15) is 41.5 Å². The molecule has 0 aliphatic rings. The Morgan fingerprint density at radius 1 is 0.926 bits per heavy atom. The molecule has 27 heavy (non-hydrogen) atoms. The molecule has 2 rings (SSSR count). The third-order valence-corrected chi connectivity index (χ3v) is 3.73. The maximum absolute atomic E-state index is 12.3. The minimum absolute atomic E-state index is 0.340. The van der Waals surface area contributed by atoms with Gasteiger partial charge in [-0.05, 0) is 55.3 Å². The molecule has 0 saturated heterocycles. The lowest BCUT2D eigenvalue weighted by molar-refractivity contribution is 0.0846. The van der Waals surface area contributed by atoms with Crippen LogP contribution in [0.25, 0.3) is 0 Å². The van der Waals surface area contributed by atoms with E-state index < -0.39 is 11.8 Å². The van der Waals surface area contributed by atoms with Crippen molar-refractivity contribution in [3.8, 4) is 11.5 Å². The number of hydrogen-bond donors (Lipinski definition) is 2. The summed E-state index contributed by atoms with van der Waals surface area (Å²) >= 11 is 5.79. The molecule has 2 amide bonds. The average Bonchev–Trinajstić information content (AvgIpc) is 2.65. The molecular weight excluding hydrogens is 368 g/mol. The third-order valence-electron chi connectivity index (χ3n) is 3.47. The van der Waals surface area contributed by atoms with E-state index in [9.17, 15) is 9.59 Å². The normalized spacial score (nSPS) is 10.4. The smallest absolute Gasteiger partial charge is 0.269 e. The molecule has 0 unspecified atom stereocenters. The Balaban J connectivity index is 2.03. The van der Waals surface area contributed by atoms with Crippen LogP contribution in [-0.4, -0.2) is 25.0 Å². The monoisotopic (exact) mass is 390 g/mol. The van der Waals surface area contributed by atoms with Crippen LogP contribution in [-0.2, 0) is 0 Å². The Morgan fingerprint density at radius 3 is 2.11 bits per heavy atom. The van der Waals surface area contributed by atoms with Crippen molar-refractivity contribution in [2.24, 2.45) is 5.92 Å². The van der Waals surface area contributed by atoms with Crippen LogP contribution in [0.3, 0.4) is 0 Å². The SMILES string of the molecule is CCOc1cc(C(=O)NNC(=O)c2ccc(Cl)cc2)ccc1OCC(C)C. The van der Waals surface area contributed by atoms with Gasteiger partial charge in [-0.1, -0.05) is 25.4 Å². The first kappa shape index (κ1) is 20.6. The second-order valence-corrected chi connectivity index (χ2v) is 6.65. The number of carbonyl (C=O) groups excluding carboxylic acids is 2. The van der Waals surface area contributed by atoms with Gasteiger partial charge in [0, 0.05) is 16.1 Å². The molecule has 0 heterocycles. The molecule has 0 aromatic heterocycles. The van der Waals surface area contributed by atoms with Crippen molar-refractivity contribution in [3.63, 3.8) is 0 Å². The minimum Gasteiger partial charge on any atom is -0.490 e. The Kier molecular flexibility index (Phi) is 7.49. The van der Waals surface area contributed by atoms with Crippen molar-refractivity contribution >= 4 is 23.4 Å². The van der Waals surface area contributed by atoms with Crippen LogP contribution in [0, 0.1) is 5.92 Å². The minimum atomic E-state index is -0.464. The zero-order valence-electron chi connectivity index (χ0n) is 15.5. The first-order chi connectivity index (χ1) is 12.9. The number of nitrogens with one attached hydrogen (secondary N) is 2. The van der Waals surface area contributed by atoms with Crippen LogP contribution in [0.4, 0.5) is 0 Å². The van der Waals surface area contributed by atoms with E-state index in [1.54, 1.807) is 42.5 Å². The molecule has 0 aliphatic carbocycles. The first-order valence-electron chi connectivity index (χ1n) is 8.66. The van der Waals surface area contributed by atoms with Crippen molar-refractivity contribution in [1.82, 2.24) is 10.9 Å². The van der Waals surface area contributed by atoms with Gasteiger partial charge in [-0.2, -0.15) is 0 Å². The molecule has 0 aliphatic heterocycles. The van der Waals surface area contributed by atoms with Crippen molar-refractivity contribution < 1.29 is 19.1 Å². The van der Waals surface area contributed by atoms with Crippen molar-refractivity contribution in [3.05, 3.63) is 58.6 Å². The molecule has 0 bridgehead atoms. The molecule has 2 aromatic carbocycles. The highest BCUT2D eigenvalue weighted by atomic mass is 35.5. The van der Waals surface area contributed by atoms with Gasteiger partial charge in [0.05, 0.1) is 13.2 Å². The quantitative estimate of drug-likeness (QED) is 0.704. The van der Waals surface area contributed by atoms with Gasteiger partial charge < -0.3 is 9.47 Å². The van der Waals surface area contributed by atoms with Gasteiger partial charge in [-0.15, -0.1) is 0 Å². The number of ether oxygens (including phenoxy) is 2. The summed E-state index contributed by atoms with van der Waals surface area (Å²) in [7, 11) is 0. The van der Waals surface area contributed by atoms with Crippen LogP contribution in [0.2, 0.25) is 5.02 Å². The van der Waals surface area contributed by atoms with Gasteiger partial charge >= 0.3 is 0 Å². The fourth-order valence-corrected chi connectivity index (χ4v) is 2.28. The zero-order chi connectivity index (χ0) is 19.8. The van der Waals surface area contributed by atoms with Gasteiger partial charge in [-0.3, -0.25) is 20.4 Å². The highest BCUT2D eigenvalue weighted by molar-refractivity contribution is 6.30. The Bertz CT molecular complexity index is 791. The van der Waals surface area contributed by atoms with Crippen LogP contribution in [0.5, 0.6) is 11.5 Å². The summed E-state index contributed by atoms with van der Waals surface area (Å²) in [5, 5.41) is 0.527. The Hall–Kier alpha value is -2.73. The number of amides is 2. The highest BCUT2D eigenvalue weighted by Crippen LogP contribution is 2.29. The molecule has 0 fully saturated rings. The number of benzene rings is 2. The standard InChI is InChI=1S/C20H23ClN2O4/c1-4-26-18-11-15(7-10-17(18)27-12-13(2)3)20(25)23-22-19(24)14-5-8-16(21)9-6-14/h5-11,13H,4,12H2,1-3H3,(H,22,24)(H,23,25). The molecule has 0 saturated carbocycles. The lowest BCUT2D eigenvalue weighted by Gasteiger charge is -2.15. The van der Waals surface area contributed by atoms with Crippen molar-refractivity contribution in [2.75, 3.05) is 13.2 Å². The summed E-state index contributed by atoms with van der Waals surface area (Å²) in [6, 6.07) is 11.2. The number of halogens is 1. The predicted octanol–water partition coefficient (Wildman–Crippen LogP) is 3.85. The van der Waals surface area contributed by atoms with Crippen LogP contribution >= 0.6 is 11.6 Å². The molecule has 2 N–H and O–H groups in total. The molecule has 7 heteroatoms. The van der Waals surface area contributed by atoms with Gasteiger partial charge in [0.15, 0.2) is 11.5 Å². The van der Waals surface area contributed by atoms with E-state index in [4.69, 9.17) is 21.1 Å². The largest absolute Gasteiger partial charge is 0.490 e. The fraction of sp³-hybridized carbons (Fsp3) is 0.300. The first-order valence-corrected chi connectivity index (χ1v) is 9.04. The summed E-state index contributed by atoms with van der Waals surface area (Å²) in [4.78, 5) is 24.4. The molecular formula is C20H23ClN2O4. The maximum Gasteiger partial charge on any atom is 0.269 e. The molecule has 0 atom stereocenters. The molecule has 144 valence electrons. The van der Waals surface area contributed by atoms with Gasteiger partial charge in [0.1, 0.15) is 0 Å². The summed E-state index contributed by atoms with van der Waals surface area (Å²) in [5.41, 5.74) is 5.47. The summed E-state index contributed by atoms with van der Waals surface area (Å²) in [5.74, 6) is 0.517. The van der Waals surface area contributed by atoms with E-state index >= 15 is 0 Å². The van der Waals surface area contributed by atoms with Gasteiger partial charge in [0.2, 0.25) is 0 Å². The number of hydrogen-bond acceptors (Lipinski definition) is 4. The van der Waals surface area contributed by atoms with E-state index in [0.717, 1.165) is 0 Å². The van der Waals surface area contributed by atoms with E-state index in [1.165, 1.54) is 0 Å². The van der Waals surface area contributed by atoms with E-state index in [-0.39, 0.29) is 0 Å². The number of hydrazine groups is 1. The Labute approximate surface area is 163 Å². The second kappa shape index (κ2) is 9.83. The summed E-state index contributed by atoms with van der Waals surface area (Å²) in [6.45, 7) is 6.93. The molecule has 6 nitrogen and oxygen atoms in total. The summed E-state index contributed by atoms with van der Waals surface area (Å²) in [6.07, 6.45) is 0. The van der Waals surface area contributed by atoms with Gasteiger partial charge in [0.25, 0.3) is 11.8 Å².